The third kappa shape index (κ3) is 5.32. The number of aliphatic hydroxyl groups excluding tert-OH is 1. The zero-order chi connectivity index (χ0) is 14.6. The van der Waals surface area contributed by atoms with Crippen molar-refractivity contribution in [3.63, 3.8) is 0 Å². The van der Waals surface area contributed by atoms with Crippen LogP contribution in [0, 0.1) is 0 Å². The number of rotatable bonds is 8. The van der Waals surface area contributed by atoms with Gasteiger partial charge in [-0.1, -0.05) is 6.42 Å². The molecule has 3 atom stereocenters. The van der Waals surface area contributed by atoms with Crippen molar-refractivity contribution >= 4 is 0 Å². The first-order chi connectivity index (χ1) is 9.50. The summed E-state index contributed by atoms with van der Waals surface area (Å²) in [6, 6.07) is 0.660. The summed E-state index contributed by atoms with van der Waals surface area (Å²) in [6.07, 6.45) is 6.72. The molecule has 0 aromatic carbocycles. The lowest BCUT2D eigenvalue weighted by Crippen LogP contribution is -2.47. The molecular formula is C16H32N2O2. The Hall–Kier alpha value is -0.160. The second-order valence-corrected chi connectivity index (χ2v) is 7.11. The Balaban J connectivity index is 1.62. The summed E-state index contributed by atoms with van der Waals surface area (Å²) in [5.41, 5.74) is -0.0766. The van der Waals surface area contributed by atoms with E-state index in [2.05, 4.69) is 31.0 Å². The molecule has 1 aliphatic heterocycles. The molecule has 20 heavy (non-hydrogen) atoms. The van der Waals surface area contributed by atoms with Gasteiger partial charge in [-0.05, 0) is 53.0 Å². The predicted octanol–water partition coefficient (Wildman–Crippen LogP) is 1.77. The predicted molar refractivity (Wildman–Crippen MR) is 81.9 cm³/mol. The lowest BCUT2D eigenvalue weighted by Gasteiger charge is -2.35. The van der Waals surface area contributed by atoms with Crippen LogP contribution in [0.15, 0.2) is 0 Å². The van der Waals surface area contributed by atoms with Crippen LogP contribution in [-0.2, 0) is 4.74 Å². The van der Waals surface area contributed by atoms with Gasteiger partial charge in [0.2, 0.25) is 0 Å². The summed E-state index contributed by atoms with van der Waals surface area (Å²) in [5.74, 6) is 0. The van der Waals surface area contributed by atoms with E-state index in [0.29, 0.717) is 18.2 Å². The summed E-state index contributed by atoms with van der Waals surface area (Å²) in [5, 5.41) is 13.2. The highest BCUT2D eigenvalue weighted by Crippen LogP contribution is 2.25. The molecule has 118 valence electrons. The molecule has 0 aromatic heterocycles. The fourth-order valence-corrected chi connectivity index (χ4v) is 3.23. The van der Waals surface area contributed by atoms with Crippen LogP contribution in [0.2, 0.25) is 0 Å². The molecule has 1 saturated heterocycles. The summed E-state index contributed by atoms with van der Waals surface area (Å²) < 4.78 is 5.76. The number of nitrogens with zero attached hydrogens (tertiary/aromatic N) is 1. The first-order valence-corrected chi connectivity index (χ1v) is 8.27. The molecule has 1 saturated carbocycles. The van der Waals surface area contributed by atoms with E-state index < -0.39 is 0 Å². The van der Waals surface area contributed by atoms with Crippen molar-refractivity contribution in [2.24, 2.45) is 0 Å². The van der Waals surface area contributed by atoms with Crippen LogP contribution in [-0.4, -0.2) is 60.0 Å². The maximum Gasteiger partial charge on any atom is 0.0678 e. The van der Waals surface area contributed by atoms with Crippen molar-refractivity contribution in [1.29, 1.82) is 0 Å². The molecular weight excluding hydrogens is 252 g/mol. The molecule has 1 heterocycles. The standard InChI is InChI=1S/C16H32N2O2/c1-13-10-18(11-14(2)20-13)9-5-4-8-16(3,12-19)17-15-6-7-15/h13-15,17,19H,4-12H2,1-3H3. The van der Waals surface area contributed by atoms with Crippen LogP contribution < -0.4 is 5.32 Å². The molecule has 2 fully saturated rings. The molecule has 1 aliphatic carbocycles. The lowest BCUT2D eigenvalue weighted by molar-refractivity contribution is -0.0682. The zero-order valence-electron chi connectivity index (χ0n) is 13.4. The van der Waals surface area contributed by atoms with Crippen LogP contribution in [0.1, 0.15) is 52.9 Å². The number of nitrogens with one attached hydrogen (secondary N) is 1. The van der Waals surface area contributed by atoms with Crippen molar-refractivity contribution in [1.82, 2.24) is 10.2 Å². The highest BCUT2D eigenvalue weighted by Gasteiger charge is 2.31. The van der Waals surface area contributed by atoms with Crippen LogP contribution >= 0.6 is 0 Å². The van der Waals surface area contributed by atoms with E-state index in [-0.39, 0.29) is 12.1 Å². The Morgan fingerprint density at radius 3 is 2.40 bits per heavy atom. The third-order valence-electron chi connectivity index (χ3n) is 4.43. The summed E-state index contributed by atoms with van der Waals surface area (Å²) in [4.78, 5) is 2.52. The summed E-state index contributed by atoms with van der Waals surface area (Å²) in [7, 11) is 0. The van der Waals surface area contributed by atoms with E-state index in [1.165, 1.54) is 25.7 Å². The minimum atomic E-state index is -0.0766. The molecule has 0 spiro atoms. The Morgan fingerprint density at radius 1 is 1.20 bits per heavy atom. The second-order valence-electron chi connectivity index (χ2n) is 7.11. The minimum Gasteiger partial charge on any atom is -0.394 e. The third-order valence-corrected chi connectivity index (χ3v) is 4.43. The quantitative estimate of drug-likeness (QED) is 0.667. The van der Waals surface area contributed by atoms with Crippen molar-refractivity contribution < 1.29 is 9.84 Å². The number of hydrogen-bond donors (Lipinski definition) is 2. The maximum absolute atomic E-state index is 9.59. The topological polar surface area (TPSA) is 44.7 Å². The molecule has 0 aromatic rings. The Kier molecular flexibility index (Phi) is 5.84. The van der Waals surface area contributed by atoms with Crippen molar-refractivity contribution in [2.45, 2.75) is 76.7 Å². The molecule has 2 aliphatic rings. The van der Waals surface area contributed by atoms with Crippen molar-refractivity contribution in [2.75, 3.05) is 26.2 Å². The van der Waals surface area contributed by atoms with Gasteiger partial charge in [0, 0.05) is 24.7 Å². The average molecular weight is 284 g/mol. The molecule has 3 unspecified atom stereocenters. The van der Waals surface area contributed by atoms with Gasteiger partial charge in [0.05, 0.1) is 18.8 Å². The minimum absolute atomic E-state index is 0.0766. The van der Waals surface area contributed by atoms with Gasteiger partial charge in [-0.15, -0.1) is 0 Å². The number of aliphatic hydroxyl groups is 1. The lowest BCUT2D eigenvalue weighted by atomic mass is 9.95. The molecule has 4 nitrogen and oxygen atoms in total. The smallest absolute Gasteiger partial charge is 0.0678 e. The van der Waals surface area contributed by atoms with Crippen LogP contribution in [0.4, 0.5) is 0 Å². The summed E-state index contributed by atoms with van der Waals surface area (Å²) >= 11 is 0. The largest absolute Gasteiger partial charge is 0.394 e. The van der Waals surface area contributed by atoms with E-state index in [1.807, 2.05) is 0 Å². The van der Waals surface area contributed by atoms with Gasteiger partial charge in [0.25, 0.3) is 0 Å². The first kappa shape index (κ1) is 16.2. The number of hydrogen-bond acceptors (Lipinski definition) is 4. The van der Waals surface area contributed by atoms with Gasteiger partial charge < -0.3 is 15.2 Å². The number of unbranched alkanes of at least 4 members (excludes halogenated alkanes) is 1. The van der Waals surface area contributed by atoms with Gasteiger partial charge in [0.15, 0.2) is 0 Å². The van der Waals surface area contributed by atoms with Gasteiger partial charge in [-0.2, -0.15) is 0 Å². The van der Waals surface area contributed by atoms with E-state index in [1.54, 1.807) is 0 Å². The van der Waals surface area contributed by atoms with E-state index in [9.17, 15) is 5.11 Å². The second kappa shape index (κ2) is 7.21. The molecule has 0 radical (unpaired) electrons. The maximum atomic E-state index is 9.59. The Morgan fingerprint density at radius 2 is 1.85 bits per heavy atom. The van der Waals surface area contributed by atoms with E-state index in [0.717, 1.165) is 26.1 Å². The monoisotopic (exact) mass is 284 g/mol. The average Bonchev–Trinajstić information content (AvgIpc) is 3.17. The Bertz CT molecular complexity index is 286. The first-order valence-electron chi connectivity index (χ1n) is 8.27. The van der Waals surface area contributed by atoms with Gasteiger partial charge in [-0.25, -0.2) is 0 Å². The van der Waals surface area contributed by atoms with Crippen molar-refractivity contribution in [3.8, 4) is 0 Å². The van der Waals surface area contributed by atoms with Crippen LogP contribution in [0.3, 0.4) is 0 Å². The fourth-order valence-electron chi connectivity index (χ4n) is 3.23. The molecule has 0 amide bonds. The van der Waals surface area contributed by atoms with Gasteiger partial charge in [-0.3, -0.25) is 4.90 Å². The normalized spacial score (nSPS) is 31.2. The molecule has 4 heteroatoms. The fraction of sp³-hybridized carbons (Fsp3) is 1.00. The summed E-state index contributed by atoms with van der Waals surface area (Å²) in [6.45, 7) is 9.99. The van der Waals surface area contributed by atoms with Gasteiger partial charge >= 0.3 is 0 Å². The van der Waals surface area contributed by atoms with Crippen molar-refractivity contribution in [3.05, 3.63) is 0 Å². The highest BCUT2D eigenvalue weighted by molar-refractivity contribution is 4.92. The molecule has 2 rings (SSSR count). The Labute approximate surface area is 123 Å². The SMILES string of the molecule is CC1CN(CCCCC(C)(CO)NC2CC2)CC(C)O1. The highest BCUT2D eigenvalue weighted by atomic mass is 16.5. The van der Waals surface area contributed by atoms with Gasteiger partial charge in [0.1, 0.15) is 0 Å². The van der Waals surface area contributed by atoms with E-state index >= 15 is 0 Å². The van der Waals surface area contributed by atoms with E-state index in [4.69, 9.17) is 4.74 Å². The zero-order valence-corrected chi connectivity index (χ0v) is 13.4. The van der Waals surface area contributed by atoms with Crippen LogP contribution in [0.5, 0.6) is 0 Å². The number of ether oxygens (including phenoxy) is 1. The van der Waals surface area contributed by atoms with Crippen LogP contribution in [0.25, 0.3) is 0 Å². The number of morpholine rings is 1. The molecule has 2 N–H and O–H groups in total. The molecule has 0 bridgehead atoms.